The lowest BCUT2D eigenvalue weighted by atomic mass is 10.1. The van der Waals surface area contributed by atoms with Crippen molar-refractivity contribution in [2.45, 2.75) is 13.5 Å². The first kappa shape index (κ1) is 26.9. The summed E-state index contributed by atoms with van der Waals surface area (Å²) in [6.07, 6.45) is 0. The topological polar surface area (TPSA) is 101 Å². The van der Waals surface area contributed by atoms with E-state index in [2.05, 4.69) is 15.6 Å². The lowest BCUT2D eigenvalue weighted by molar-refractivity contribution is -0.117. The molecule has 1 aromatic heterocycles. The van der Waals surface area contributed by atoms with Gasteiger partial charge in [-0.2, -0.15) is 0 Å². The minimum absolute atomic E-state index is 0.0462. The van der Waals surface area contributed by atoms with Crippen LogP contribution in [0.4, 0.5) is 10.5 Å². The lowest BCUT2D eigenvalue weighted by Crippen LogP contribution is -2.44. The fraction of sp³-hybridized carbons (Fsp3) is 0.143. The molecule has 0 fully saturated rings. The quantitative estimate of drug-likeness (QED) is 0.315. The first-order chi connectivity index (χ1) is 18.2. The monoisotopic (exact) mass is 550 g/mol. The highest BCUT2D eigenvalue weighted by Gasteiger charge is 2.20. The summed E-state index contributed by atoms with van der Waals surface area (Å²) in [6.45, 7) is 1.58. The molecule has 38 heavy (non-hydrogen) atoms. The van der Waals surface area contributed by atoms with Gasteiger partial charge in [0.15, 0.2) is 0 Å². The molecule has 4 aromatic rings. The van der Waals surface area contributed by atoms with Crippen molar-refractivity contribution in [3.05, 3.63) is 99.7 Å². The SMILES string of the molecule is Cc1ccc2cccc(OCc3c(Cl)ccc(N(C)C(=O)CNC(=O)NC(=O)c4ccccc4)c3Cl)c2n1. The number of anilines is 1. The first-order valence-electron chi connectivity index (χ1n) is 11.6. The Labute approximate surface area is 229 Å². The molecule has 4 rings (SSSR count). The predicted molar refractivity (Wildman–Crippen MR) is 148 cm³/mol. The molecule has 3 aromatic carbocycles. The third-order valence-corrected chi connectivity index (χ3v) is 6.53. The van der Waals surface area contributed by atoms with Crippen molar-refractivity contribution in [3.8, 4) is 5.75 Å². The van der Waals surface area contributed by atoms with Crippen LogP contribution in [0.2, 0.25) is 10.0 Å². The van der Waals surface area contributed by atoms with Crippen LogP contribution in [-0.4, -0.2) is 36.4 Å². The second-order valence-corrected chi connectivity index (χ2v) is 9.17. The number of urea groups is 1. The molecule has 0 aliphatic rings. The standard InChI is InChI=1S/C28H24Cl2N4O4/c1-17-11-12-18-9-6-10-23(26(18)32-17)38-16-20-21(29)13-14-22(25(20)30)34(2)24(35)15-31-28(37)33-27(36)19-7-4-3-5-8-19/h3-14H,15-16H2,1-2H3,(H2,31,33,36,37). The van der Waals surface area contributed by atoms with Gasteiger partial charge in [0.2, 0.25) is 5.91 Å². The van der Waals surface area contributed by atoms with Gasteiger partial charge in [0, 0.05) is 34.3 Å². The average molecular weight is 551 g/mol. The number of imide groups is 1. The largest absolute Gasteiger partial charge is 0.487 e. The number of rotatable bonds is 7. The third-order valence-electron chi connectivity index (χ3n) is 5.76. The summed E-state index contributed by atoms with van der Waals surface area (Å²) < 4.78 is 6.04. The van der Waals surface area contributed by atoms with Crippen molar-refractivity contribution in [1.29, 1.82) is 0 Å². The van der Waals surface area contributed by atoms with Crippen LogP contribution in [0.25, 0.3) is 10.9 Å². The number of fused-ring (bicyclic) bond motifs is 1. The Morgan fingerprint density at radius 1 is 0.947 bits per heavy atom. The molecule has 4 amide bonds. The van der Waals surface area contributed by atoms with E-state index in [0.29, 0.717) is 27.6 Å². The minimum Gasteiger partial charge on any atom is -0.487 e. The molecule has 0 saturated heterocycles. The zero-order chi connectivity index (χ0) is 27.2. The number of para-hydroxylation sites is 1. The maximum Gasteiger partial charge on any atom is 0.322 e. The van der Waals surface area contributed by atoms with Crippen LogP contribution in [0.5, 0.6) is 5.75 Å². The Morgan fingerprint density at radius 2 is 1.71 bits per heavy atom. The number of halogens is 2. The van der Waals surface area contributed by atoms with Crippen molar-refractivity contribution in [2.75, 3.05) is 18.5 Å². The number of benzene rings is 3. The van der Waals surface area contributed by atoms with Gasteiger partial charge in [-0.05, 0) is 43.3 Å². The van der Waals surface area contributed by atoms with Gasteiger partial charge in [0.05, 0.1) is 17.3 Å². The molecule has 0 saturated carbocycles. The number of nitrogens with one attached hydrogen (secondary N) is 2. The summed E-state index contributed by atoms with van der Waals surface area (Å²) in [7, 11) is 1.52. The minimum atomic E-state index is -0.796. The lowest BCUT2D eigenvalue weighted by Gasteiger charge is -2.21. The molecule has 10 heteroatoms. The summed E-state index contributed by atoms with van der Waals surface area (Å²) in [5.41, 5.74) is 2.78. The van der Waals surface area contributed by atoms with E-state index in [-0.39, 0.29) is 18.2 Å². The Hall–Kier alpha value is -4.14. The smallest absolute Gasteiger partial charge is 0.322 e. The molecule has 0 bridgehead atoms. The molecule has 2 N–H and O–H groups in total. The molecular formula is C28H24Cl2N4O4. The highest BCUT2D eigenvalue weighted by Crippen LogP contribution is 2.35. The number of aryl methyl sites for hydroxylation is 1. The number of nitrogens with zero attached hydrogens (tertiary/aromatic N) is 2. The fourth-order valence-electron chi connectivity index (χ4n) is 3.68. The molecule has 194 valence electrons. The van der Waals surface area contributed by atoms with E-state index in [9.17, 15) is 14.4 Å². The summed E-state index contributed by atoms with van der Waals surface area (Å²) in [6, 6.07) is 20.2. The van der Waals surface area contributed by atoms with Crippen LogP contribution in [0.1, 0.15) is 21.6 Å². The maximum absolute atomic E-state index is 12.8. The molecule has 8 nitrogen and oxygen atoms in total. The molecule has 0 spiro atoms. The second kappa shape index (κ2) is 11.9. The van der Waals surface area contributed by atoms with Crippen molar-refractivity contribution in [3.63, 3.8) is 0 Å². The number of hydrogen-bond acceptors (Lipinski definition) is 5. The Morgan fingerprint density at radius 3 is 2.47 bits per heavy atom. The summed E-state index contributed by atoms with van der Waals surface area (Å²) in [5.74, 6) is -0.462. The number of carbonyl (C=O) groups is 3. The molecular weight excluding hydrogens is 527 g/mol. The average Bonchev–Trinajstić information content (AvgIpc) is 2.92. The third kappa shape index (κ3) is 6.22. The second-order valence-electron chi connectivity index (χ2n) is 8.38. The van der Waals surface area contributed by atoms with Gasteiger partial charge in [-0.1, -0.05) is 59.6 Å². The van der Waals surface area contributed by atoms with Crippen LogP contribution < -0.4 is 20.3 Å². The molecule has 1 heterocycles. The molecule has 0 radical (unpaired) electrons. The van der Waals surface area contributed by atoms with Crippen molar-refractivity contribution < 1.29 is 19.1 Å². The van der Waals surface area contributed by atoms with Crippen LogP contribution >= 0.6 is 23.2 Å². The van der Waals surface area contributed by atoms with Crippen molar-refractivity contribution >= 4 is 57.6 Å². The molecule has 0 aliphatic carbocycles. The van der Waals surface area contributed by atoms with E-state index in [0.717, 1.165) is 16.6 Å². The van der Waals surface area contributed by atoms with Crippen LogP contribution in [-0.2, 0) is 11.4 Å². The Bertz CT molecular complexity index is 1510. The number of pyridine rings is 1. The van der Waals surface area contributed by atoms with E-state index in [1.165, 1.54) is 11.9 Å². The molecule has 0 unspecified atom stereocenters. The van der Waals surface area contributed by atoms with Gasteiger partial charge in [-0.25, -0.2) is 9.78 Å². The zero-order valence-corrected chi connectivity index (χ0v) is 22.1. The van der Waals surface area contributed by atoms with Gasteiger partial charge < -0.3 is 15.0 Å². The number of carbonyl (C=O) groups excluding carboxylic acids is 3. The van der Waals surface area contributed by atoms with E-state index in [4.69, 9.17) is 27.9 Å². The summed E-state index contributed by atoms with van der Waals surface area (Å²) in [4.78, 5) is 42.9. The van der Waals surface area contributed by atoms with Gasteiger partial charge in [-0.3, -0.25) is 14.9 Å². The van der Waals surface area contributed by atoms with Gasteiger partial charge in [0.1, 0.15) is 17.9 Å². The zero-order valence-electron chi connectivity index (χ0n) is 20.6. The van der Waals surface area contributed by atoms with E-state index >= 15 is 0 Å². The molecule has 0 atom stereocenters. The van der Waals surface area contributed by atoms with E-state index in [1.54, 1.807) is 42.5 Å². The number of hydrogen-bond donors (Lipinski definition) is 2. The normalized spacial score (nSPS) is 10.6. The maximum atomic E-state index is 12.8. The number of aromatic nitrogens is 1. The van der Waals surface area contributed by atoms with Crippen LogP contribution in [0, 0.1) is 6.92 Å². The first-order valence-corrected chi connectivity index (χ1v) is 12.4. The van der Waals surface area contributed by atoms with Crippen molar-refractivity contribution in [2.24, 2.45) is 0 Å². The highest BCUT2D eigenvalue weighted by atomic mass is 35.5. The number of ether oxygens (including phenoxy) is 1. The summed E-state index contributed by atoms with van der Waals surface area (Å²) in [5, 5.41) is 6.12. The molecule has 0 aliphatic heterocycles. The summed E-state index contributed by atoms with van der Waals surface area (Å²) >= 11 is 13.1. The predicted octanol–water partition coefficient (Wildman–Crippen LogP) is 5.53. The Balaban J connectivity index is 1.42. The van der Waals surface area contributed by atoms with Gasteiger partial charge in [-0.15, -0.1) is 0 Å². The number of amides is 4. The van der Waals surface area contributed by atoms with E-state index < -0.39 is 17.8 Å². The van der Waals surface area contributed by atoms with Crippen LogP contribution in [0.3, 0.4) is 0 Å². The number of likely N-dealkylation sites (N-methyl/N-ethyl adjacent to an activating group) is 1. The van der Waals surface area contributed by atoms with E-state index in [1.807, 2.05) is 37.3 Å². The van der Waals surface area contributed by atoms with Crippen molar-refractivity contribution in [1.82, 2.24) is 15.6 Å². The van der Waals surface area contributed by atoms with Gasteiger partial charge in [0.25, 0.3) is 5.91 Å². The fourth-order valence-corrected chi connectivity index (χ4v) is 4.28. The van der Waals surface area contributed by atoms with Gasteiger partial charge >= 0.3 is 6.03 Å². The Kier molecular flexibility index (Phi) is 8.45. The highest BCUT2D eigenvalue weighted by molar-refractivity contribution is 6.38. The van der Waals surface area contributed by atoms with Crippen LogP contribution in [0.15, 0.2) is 72.8 Å².